The Balaban J connectivity index is 1.78. The lowest BCUT2D eigenvalue weighted by Crippen LogP contribution is -2.32. The highest BCUT2D eigenvalue weighted by molar-refractivity contribution is 6.04. The fourth-order valence-electron chi connectivity index (χ4n) is 2.57. The van der Waals surface area contributed by atoms with Crippen LogP contribution in [0.25, 0.3) is 0 Å². The summed E-state index contributed by atoms with van der Waals surface area (Å²) in [7, 11) is 0. The van der Waals surface area contributed by atoms with Gasteiger partial charge in [0, 0.05) is 11.3 Å². The molecule has 2 aromatic carbocycles. The van der Waals surface area contributed by atoms with Crippen molar-refractivity contribution in [3.05, 3.63) is 59.4 Å². The van der Waals surface area contributed by atoms with Gasteiger partial charge in [0.25, 0.3) is 5.91 Å². The number of rotatable bonds is 2. The average molecular weight is 299 g/mol. The summed E-state index contributed by atoms with van der Waals surface area (Å²) in [5, 5.41) is 2.80. The molecular formula is C18H18FNO2. The number of hydrogen-bond donors (Lipinski definition) is 1. The standard InChI is InChI=1S/C18H18FNO2/c1-18(2)9-8-12-11-15(6-7-16(12)22-18)20-17(21)13-4-3-5-14(19)10-13/h3-7,10-11H,8-9H2,1-2H3,(H,20,21). The van der Waals surface area contributed by atoms with Crippen LogP contribution in [0.3, 0.4) is 0 Å². The number of carbonyl (C=O) groups is 1. The average Bonchev–Trinajstić information content (AvgIpc) is 2.47. The summed E-state index contributed by atoms with van der Waals surface area (Å²) in [4.78, 5) is 12.1. The Morgan fingerprint density at radius 1 is 1.23 bits per heavy atom. The van der Waals surface area contributed by atoms with E-state index < -0.39 is 5.82 Å². The number of aryl methyl sites for hydroxylation is 1. The van der Waals surface area contributed by atoms with E-state index in [4.69, 9.17) is 4.74 Å². The molecule has 3 nitrogen and oxygen atoms in total. The van der Waals surface area contributed by atoms with Crippen molar-refractivity contribution >= 4 is 11.6 Å². The van der Waals surface area contributed by atoms with Crippen LogP contribution in [0.1, 0.15) is 36.2 Å². The Labute approximate surface area is 129 Å². The van der Waals surface area contributed by atoms with Gasteiger partial charge in [0.15, 0.2) is 0 Å². The fourth-order valence-corrected chi connectivity index (χ4v) is 2.57. The lowest BCUT2D eigenvalue weighted by molar-refractivity contribution is 0.0847. The minimum absolute atomic E-state index is 0.153. The molecule has 0 unspecified atom stereocenters. The number of carbonyl (C=O) groups excluding carboxylic acids is 1. The Hall–Kier alpha value is -2.36. The lowest BCUT2D eigenvalue weighted by atomic mass is 9.94. The highest BCUT2D eigenvalue weighted by Gasteiger charge is 2.26. The Morgan fingerprint density at radius 2 is 2.05 bits per heavy atom. The summed E-state index contributed by atoms with van der Waals surface area (Å²) in [5.74, 6) is 0.116. The van der Waals surface area contributed by atoms with Crippen molar-refractivity contribution in [3.63, 3.8) is 0 Å². The topological polar surface area (TPSA) is 38.3 Å². The molecule has 0 fully saturated rings. The zero-order valence-corrected chi connectivity index (χ0v) is 12.7. The van der Waals surface area contributed by atoms with Gasteiger partial charge in [-0.1, -0.05) is 6.07 Å². The van der Waals surface area contributed by atoms with E-state index >= 15 is 0 Å². The zero-order valence-electron chi connectivity index (χ0n) is 12.7. The van der Waals surface area contributed by atoms with E-state index in [9.17, 15) is 9.18 Å². The van der Waals surface area contributed by atoms with E-state index in [0.29, 0.717) is 11.3 Å². The summed E-state index contributed by atoms with van der Waals surface area (Å²) in [6.07, 6.45) is 1.84. The molecule has 2 aromatic rings. The monoisotopic (exact) mass is 299 g/mol. The van der Waals surface area contributed by atoms with Gasteiger partial charge in [-0.15, -0.1) is 0 Å². The first kappa shape index (κ1) is 14.6. The van der Waals surface area contributed by atoms with Crippen LogP contribution in [-0.4, -0.2) is 11.5 Å². The third kappa shape index (κ3) is 3.11. The van der Waals surface area contributed by atoms with Gasteiger partial charge in [-0.25, -0.2) is 4.39 Å². The van der Waals surface area contributed by atoms with Gasteiger partial charge in [0.2, 0.25) is 0 Å². The van der Waals surface area contributed by atoms with Crippen LogP contribution in [0.15, 0.2) is 42.5 Å². The molecule has 0 atom stereocenters. The molecule has 22 heavy (non-hydrogen) atoms. The van der Waals surface area contributed by atoms with Gasteiger partial charge in [0.1, 0.15) is 17.2 Å². The number of benzene rings is 2. The molecule has 0 bridgehead atoms. The van der Waals surface area contributed by atoms with Crippen LogP contribution in [0.4, 0.5) is 10.1 Å². The minimum atomic E-state index is -0.422. The maximum absolute atomic E-state index is 13.2. The molecule has 114 valence electrons. The van der Waals surface area contributed by atoms with Crippen LogP contribution < -0.4 is 10.1 Å². The van der Waals surface area contributed by atoms with Crippen molar-refractivity contribution in [2.75, 3.05) is 5.32 Å². The summed E-state index contributed by atoms with van der Waals surface area (Å²) in [6.45, 7) is 4.13. The maximum Gasteiger partial charge on any atom is 0.255 e. The van der Waals surface area contributed by atoms with Crippen LogP contribution in [-0.2, 0) is 6.42 Å². The molecule has 0 spiro atoms. The number of fused-ring (bicyclic) bond motifs is 1. The second-order valence-corrected chi connectivity index (χ2v) is 6.15. The van der Waals surface area contributed by atoms with E-state index in [1.165, 1.54) is 18.2 Å². The summed E-state index contributed by atoms with van der Waals surface area (Å²) in [5.41, 5.74) is 1.92. The Bertz CT molecular complexity index is 725. The molecule has 0 aliphatic carbocycles. The highest BCUT2D eigenvalue weighted by Crippen LogP contribution is 2.34. The largest absolute Gasteiger partial charge is 0.488 e. The fraction of sp³-hybridized carbons (Fsp3) is 0.278. The van der Waals surface area contributed by atoms with Crippen LogP contribution in [0.5, 0.6) is 5.75 Å². The van der Waals surface area contributed by atoms with Crippen LogP contribution in [0.2, 0.25) is 0 Å². The van der Waals surface area contributed by atoms with E-state index in [0.717, 1.165) is 24.2 Å². The normalized spacial score (nSPS) is 15.6. The smallest absolute Gasteiger partial charge is 0.255 e. The quantitative estimate of drug-likeness (QED) is 0.903. The summed E-state index contributed by atoms with van der Waals surface area (Å²) >= 11 is 0. The second-order valence-electron chi connectivity index (χ2n) is 6.15. The predicted molar refractivity (Wildman–Crippen MR) is 83.8 cm³/mol. The molecule has 1 aliphatic rings. The number of ether oxygens (including phenoxy) is 1. The van der Waals surface area contributed by atoms with Gasteiger partial charge in [-0.2, -0.15) is 0 Å². The first-order valence-corrected chi connectivity index (χ1v) is 7.32. The van der Waals surface area contributed by atoms with Gasteiger partial charge in [-0.05, 0) is 68.7 Å². The molecule has 0 aromatic heterocycles. The zero-order chi connectivity index (χ0) is 15.7. The van der Waals surface area contributed by atoms with E-state index in [2.05, 4.69) is 19.2 Å². The molecule has 1 N–H and O–H groups in total. The van der Waals surface area contributed by atoms with E-state index in [1.54, 1.807) is 12.1 Å². The molecule has 1 amide bonds. The third-order valence-corrected chi connectivity index (χ3v) is 3.79. The van der Waals surface area contributed by atoms with Crippen molar-refractivity contribution in [1.82, 2.24) is 0 Å². The molecule has 3 rings (SSSR count). The van der Waals surface area contributed by atoms with Gasteiger partial charge >= 0.3 is 0 Å². The number of amides is 1. The predicted octanol–water partition coefficient (Wildman–Crippen LogP) is 4.18. The molecule has 0 radical (unpaired) electrons. The van der Waals surface area contributed by atoms with Crippen LogP contribution >= 0.6 is 0 Å². The second kappa shape index (κ2) is 5.44. The third-order valence-electron chi connectivity index (χ3n) is 3.79. The Kier molecular flexibility index (Phi) is 3.61. The first-order valence-electron chi connectivity index (χ1n) is 7.32. The molecule has 0 saturated heterocycles. The lowest BCUT2D eigenvalue weighted by Gasteiger charge is -2.32. The summed E-state index contributed by atoms with van der Waals surface area (Å²) in [6, 6.07) is 11.2. The minimum Gasteiger partial charge on any atom is -0.488 e. The SMILES string of the molecule is CC1(C)CCc2cc(NC(=O)c3cccc(F)c3)ccc2O1. The number of halogens is 1. The van der Waals surface area contributed by atoms with E-state index in [1.807, 2.05) is 12.1 Å². The Morgan fingerprint density at radius 3 is 2.82 bits per heavy atom. The van der Waals surface area contributed by atoms with Gasteiger partial charge in [0.05, 0.1) is 0 Å². The first-order chi connectivity index (χ1) is 10.4. The van der Waals surface area contributed by atoms with Crippen molar-refractivity contribution in [3.8, 4) is 5.75 Å². The van der Waals surface area contributed by atoms with Crippen molar-refractivity contribution in [1.29, 1.82) is 0 Å². The van der Waals surface area contributed by atoms with Crippen molar-refractivity contribution in [2.24, 2.45) is 0 Å². The molecular weight excluding hydrogens is 281 g/mol. The molecule has 1 aliphatic heterocycles. The van der Waals surface area contributed by atoms with Crippen LogP contribution in [0, 0.1) is 5.82 Å². The van der Waals surface area contributed by atoms with Crippen molar-refractivity contribution < 1.29 is 13.9 Å². The van der Waals surface area contributed by atoms with Gasteiger partial charge in [-0.3, -0.25) is 4.79 Å². The highest BCUT2D eigenvalue weighted by atomic mass is 19.1. The molecule has 0 saturated carbocycles. The maximum atomic E-state index is 13.2. The van der Waals surface area contributed by atoms with Crippen molar-refractivity contribution in [2.45, 2.75) is 32.3 Å². The van der Waals surface area contributed by atoms with Gasteiger partial charge < -0.3 is 10.1 Å². The number of hydrogen-bond acceptors (Lipinski definition) is 2. The number of nitrogens with one attached hydrogen (secondary N) is 1. The number of anilines is 1. The molecule has 4 heteroatoms. The van der Waals surface area contributed by atoms with E-state index in [-0.39, 0.29) is 11.5 Å². The summed E-state index contributed by atoms with van der Waals surface area (Å²) < 4.78 is 19.1. The molecule has 1 heterocycles.